The monoisotopic (exact) mass is 252 g/mol. The van der Waals surface area contributed by atoms with Crippen molar-refractivity contribution in [3.63, 3.8) is 0 Å². The predicted molar refractivity (Wildman–Crippen MR) is 65.5 cm³/mol. The van der Waals surface area contributed by atoms with E-state index < -0.39 is 24.2 Å². The molecule has 6 heteroatoms. The number of anilines is 1. The van der Waals surface area contributed by atoms with E-state index in [0.29, 0.717) is 5.69 Å². The average Bonchev–Trinajstić information content (AvgIpc) is 2.24. The van der Waals surface area contributed by atoms with Crippen molar-refractivity contribution in [2.45, 2.75) is 26.4 Å². The summed E-state index contributed by atoms with van der Waals surface area (Å²) in [5.41, 5.74) is -0.301. The summed E-state index contributed by atoms with van der Waals surface area (Å²) in [6, 6.07) is 3.22. The van der Waals surface area contributed by atoms with Gasteiger partial charge >= 0.3 is 12.1 Å². The number of carboxylic acid groups (broad SMARTS) is 1. The van der Waals surface area contributed by atoms with Gasteiger partial charge in [0.05, 0.1) is 11.9 Å². The number of rotatable bonds is 3. The van der Waals surface area contributed by atoms with Crippen molar-refractivity contribution in [3.05, 3.63) is 24.5 Å². The Bertz CT molecular complexity index is 425. The van der Waals surface area contributed by atoms with Gasteiger partial charge in [-0.05, 0) is 32.9 Å². The van der Waals surface area contributed by atoms with Gasteiger partial charge in [0.25, 0.3) is 0 Å². The minimum absolute atomic E-state index is 0.383. The van der Waals surface area contributed by atoms with E-state index in [9.17, 15) is 9.59 Å². The van der Waals surface area contributed by atoms with E-state index in [1.165, 1.54) is 12.4 Å². The Morgan fingerprint density at radius 2 is 2.11 bits per heavy atom. The number of nitrogens with zero attached hydrogens (tertiary/aromatic N) is 2. The Kier molecular flexibility index (Phi) is 4.25. The van der Waals surface area contributed by atoms with Crippen LogP contribution in [0.1, 0.15) is 20.8 Å². The third-order valence-electron chi connectivity index (χ3n) is 1.86. The first kappa shape index (κ1) is 14.0. The molecule has 0 unspecified atom stereocenters. The summed E-state index contributed by atoms with van der Waals surface area (Å²) in [7, 11) is 0. The fourth-order valence-electron chi connectivity index (χ4n) is 1.23. The summed E-state index contributed by atoms with van der Waals surface area (Å²) >= 11 is 0. The molecule has 0 saturated heterocycles. The van der Waals surface area contributed by atoms with Gasteiger partial charge in [-0.15, -0.1) is 0 Å². The van der Waals surface area contributed by atoms with E-state index in [0.717, 1.165) is 4.90 Å². The molecule has 0 aliphatic heterocycles. The third-order valence-corrected chi connectivity index (χ3v) is 1.86. The first-order chi connectivity index (χ1) is 8.29. The number of carboxylic acids is 1. The van der Waals surface area contributed by atoms with Gasteiger partial charge in [-0.3, -0.25) is 14.7 Å². The van der Waals surface area contributed by atoms with Gasteiger partial charge in [0.2, 0.25) is 0 Å². The Morgan fingerprint density at radius 1 is 1.44 bits per heavy atom. The highest BCUT2D eigenvalue weighted by molar-refractivity contribution is 5.92. The summed E-state index contributed by atoms with van der Waals surface area (Å²) in [4.78, 5) is 27.6. The summed E-state index contributed by atoms with van der Waals surface area (Å²) in [5.74, 6) is -1.12. The van der Waals surface area contributed by atoms with Gasteiger partial charge in [0.15, 0.2) is 0 Å². The minimum atomic E-state index is -1.12. The summed E-state index contributed by atoms with van der Waals surface area (Å²) in [5, 5.41) is 8.82. The van der Waals surface area contributed by atoms with E-state index >= 15 is 0 Å². The molecule has 0 fully saturated rings. The Morgan fingerprint density at radius 3 is 2.56 bits per heavy atom. The van der Waals surface area contributed by atoms with Crippen LogP contribution in [-0.2, 0) is 9.53 Å². The number of hydrogen-bond donors (Lipinski definition) is 1. The van der Waals surface area contributed by atoms with E-state index in [-0.39, 0.29) is 0 Å². The van der Waals surface area contributed by atoms with Crippen LogP contribution < -0.4 is 4.90 Å². The topological polar surface area (TPSA) is 79.7 Å². The molecule has 1 N–H and O–H groups in total. The van der Waals surface area contributed by atoms with Crippen molar-refractivity contribution in [3.8, 4) is 0 Å². The molecule has 0 radical (unpaired) electrons. The smallest absolute Gasteiger partial charge is 0.415 e. The van der Waals surface area contributed by atoms with Gasteiger partial charge in [0.1, 0.15) is 12.1 Å². The van der Waals surface area contributed by atoms with Crippen LogP contribution >= 0.6 is 0 Å². The van der Waals surface area contributed by atoms with Gasteiger partial charge < -0.3 is 9.84 Å². The maximum absolute atomic E-state index is 11.9. The van der Waals surface area contributed by atoms with Gasteiger partial charge in [-0.2, -0.15) is 0 Å². The lowest BCUT2D eigenvalue weighted by molar-refractivity contribution is -0.135. The number of aromatic nitrogens is 1. The van der Waals surface area contributed by atoms with Gasteiger partial charge in [0, 0.05) is 6.20 Å². The van der Waals surface area contributed by atoms with Crippen LogP contribution in [0, 0.1) is 0 Å². The van der Waals surface area contributed by atoms with Crippen molar-refractivity contribution in [2.24, 2.45) is 0 Å². The highest BCUT2D eigenvalue weighted by Crippen LogP contribution is 2.16. The molecule has 1 heterocycles. The van der Waals surface area contributed by atoms with Crippen molar-refractivity contribution < 1.29 is 19.4 Å². The third kappa shape index (κ3) is 4.40. The number of amides is 1. The second kappa shape index (κ2) is 5.48. The molecule has 1 aromatic rings. The van der Waals surface area contributed by atoms with Crippen molar-refractivity contribution in [1.82, 2.24) is 4.98 Å². The van der Waals surface area contributed by atoms with Gasteiger partial charge in [-0.25, -0.2) is 4.79 Å². The first-order valence-electron chi connectivity index (χ1n) is 5.42. The molecule has 0 atom stereocenters. The molecular weight excluding hydrogens is 236 g/mol. The maximum atomic E-state index is 11.9. The summed E-state index contributed by atoms with van der Waals surface area (Å²) in [6.45, 7) is 4.67. The van der Waals surface area contributed by atoms with Crippen molar-refractivity contribution in [1.29, 1.82) is 0 Å². The Hall–Kier alpha value is -2.11. The molecule has 1 rings (SSSR count). The molecule has 18 heavy (non-hydrogen) atoms. The molecule has 0 aliphatic carbocycles. The number of carbonyl (C=O) groups is 2. The quantitative estimate of drug-likeness (QED) is 0.888. The normalized spacial score (nSPS) is 10.8. The standard InChI is InChI=1S/C12H16N2O4/c1-12(2,3)18-11(17)14(8-10(15)16)9-5-4-6-13-7-9/h4-7H,8H2,1-3H3,(H,15,16). The zero-order valence-corrected chi connectivity index (χ0v) is 10.6. The van der Waals surface area contributed by atoms with Crippen molar-refractivity contribution in [2.75, 3.05) is 11.4 Å². The largest absolute Gasteiger partial charge is 0.480 e. The molecular formula is C12H16N2O4. The van der Waals surface area contributed by atoms with Crippen LogP contribution in [0.3, 0.4) is 0 Å². The molecule has 0 aromatic carbocycles. The Labute approximate surface area is 105 Å². The van der Waals surface area contributed by atoms with E-state index in [4.69, 9.17) is 9.84 Å². The fraction of sp³-hybridized carbons (Fsp3) is 0.417. The van der Waals surface area contributed by atoms with Gasteiger partial charge in [-0.1, -0.05) is 0 Å². The lowest BCUT2D eigenvalue weighted by atomic mass is 10.2. The molecule has 0 spiro atoms. The van der Waals surface area contributed by atoms with Crippen LogP contribution in [0.15, 0.2) is 24.5 Å². The molecule has 0 bridgehead atoms. The fourth-order valence-corrected chi connectivity index (χ4v) is 1.23. The van der Waals surface area contributed by atoms with E-state index in [2.05, 4.69) is 4.98 Å². The molecule has 0 saturated carbocycles. The second-order valence-corrected chi connectivity index (χ2v) is 4.67. The minimum Gasteiger partial charge on any atom is -0.480 e. The first-order valence-corrected chi connectivity index (χ1v) is 5.42. The number of hydrogen-bond acceptors (Lipinski definition) is 4. The van der Waals surface area contributed by atoms with Crippen LogP contribution in [0.25, 0.3) is 0 Å². The molecule has 0 aliphatic rings. The SMILES string of the molecule is CC(C)(C)OC(=O)N(CC(=O)O)c1cccnc1. The second-order valence-electron chi connectivity index (χ2n) is 4.67. The number of pyridine rings is 1. The summed E-state index contributed by atoms with van der Waals surface area (Å²) < 4.78 is 5.15. The number of aliphatic carboxylic acids is 1. The van der Waals surface area contributed by atoms with Crippen LogP contribution in [-0.4, -0.2) is 34.3 Å². The molecule has 6 nitrogen and oxygen atoms in total. The zero-order chi connectivity index (χ0) is 13.8. The van der Waals surface area contributed by atoms with E-state index in [1.807, 2.05) is 0 Å². The predicted octanol–water partition coefficient (Wildman–Crippen LogP) is 1.91. The zero-order valence-electron chi connectivity index (χ0n) is 10.6. The van der Waals surface area contributed by atoms with Crippen molar-refractivity contribution >= 4 is 17.7 Å². The molecule has 1 aromatic heterocycles. The lowest BCUT2D eigenvalue weighted by Gasteiger charge is -2.26. The maximum Gasteiger partial charge on any atom is 0.415 e. The highest BCUT2D eigenvalue weighted by Gasteiger charge is 2.25. The number of ether oxygens (including phenoxy) is 1. The van der Waals surface area contributed by atoms with Crippen LogP contribution in [0.5, 0.6) is 0 Å². The molecule has 98 valence electrons. The molecule has 1 amide bonds. The van der Waals surface area contributed by atoms with E-state index in [1.54, 1.807) is 32.9 Å². The average molecular weight is 252 g/mol. The Balaban J connectivity index is 2.92. The van der Waals surface area contributed by atoms with Crippen LogP contribution in [0.4, 0.5) is 10.5 Å². The summed E-state index contributed by atoms with van der Waals surface area (Å²) in [6.07, 6.45) is 2.24. The number of carbonyl (C=O) groups excluding carboxylic acids is 1. The van der Waals surface area contributed by atoms with Crippen LogP contribution in [0.2, 0.25) is 0 Å². The highest BCUT2D eigenvalue weighted by atomic mass is 16.6. The lowest BCUT2D eigenvalue weighted by Crippen LogP contribution is -2.40.